The normalized spacial score (nSPS) is 14.2. The Bertz CT molecular complexity index is 257. The lowest BCUT2D eigenvalue weighted by Gasteiger charge is -2.10. The van der Waals surface area contributed by atoms with Crippen LogP contribution < -0.4 is 0 Å². The molecule has 0 aliphatic rings. The third-order valence-corrected chi connectivity index (χ3v) is 2.26. The van der Waals surface area contributed by atoms with Gasteiger partial charge >= 0.3 is 6.18 Å². The number of halogens is 4. The Morgan fingerprint density at radius 2 is 1.62 bits per heavy atom. The lowest BCUT2D eigenvalue weighted by Crippen LogP contribution is -2.20. The van der Waals surface area contributed by atoms with Crippen LogP contribution in [0.15, 0.2) is 35.2 Å². The zero-order valence-corrected chi connectivity index (χ0v) is 7.20. The number of hydrogen-bond donors (Lipinski definition) is 0. The summed E-state index contributed by atoms with van der Waals surface area (Å²) in [5.41, 5.74) is -2.85. The number of alkyl halides is 4. The van der Waals surface area contributed by atoms with Crippen molar-refractivity contribution in [2.45, 2.75) is 16.6 Å². The van der Waals surface area contributed by atoms with E-state index >= 15 is 0 Å². The zero-order valence-electron chi connectivity index (χ0n) is 6.38. The van der Waals surface area contributed by atoms with Crippen LogP contribution >= 0.6 is 11.8 Å². The van der Waals surface area contributed by atoms with Gasteiger partial charge in [-0.15, -0.1) is 0 Å². The highest BCUT2D eigenvalue weighted by atomic mass is 32.2. The average Bonchev–Trinajstić information content (AvgIpc) is 2.04. The Morgan fingerprint density at radius 1 is 1.08 bits per heavy atom. The predicted octanol–water partition coefficient (Wildman–Crippen LogP) is 3.64. The van der Waals surface area contributed by atoms with E-state index in [1.54, 1.807) is 18.2 Å². The number of benzene rings is 1. The van der Waals surface area contributed by atoms with Gasteiger partial charge in [-0.25, -0.2) is 4.39 Å². The lowest BCUT2D eigenvalue weighted by atomic mass is 10.4. The molecule has 0 saturated heterocycles. The fraction of sp³-hybridized carbons (Fsp3) is 0.250. The summed E-state index contributed by atoms with van der Waals surface area (Å²) in [6, 6.07) is 7.65. The summed E-state index contributed by atoms with van der Waals surface area (Å²) in [7, 11) is 0. The van der Waals surface area contributed by atoms with Crippen LogP contribution in [0, 0.1) is 0 Å². The second kappa shape index (κ2) is 4.00. The highest BCUT2D eigenvalue weighted by Gasteiger charge is 2.40. The van der Waals surface area contributed by atoms with Crippen LogP contribution in [0.25, 0.3) is 0 Å². The van der Waals surface area contributed by atoms with E-state index in [4.69, 9.17) is 0 Å². The van der Waals surface area contributed by atoms with E-state index < -0.39 is 11.7 Å². The molecule has 1 aromatic carbocycles. The predicted molar refractivity (Wildman–Crippen MR) is 43.3 cm³/mol. The first kappa shape index (κ1) is 10.4. The molecule has 0 amide bonds. The van der Waals surface area contributed by atoms with Crippen LogP contribution in [0.4, 0.5) is 17.6 Å². The third-order valence-electron chi connectivity index (χ3n) is 1.24. The lowest BCUT2D eigenvalue weighted by molar-refractivity contribution is -0.154. The molecule has 0 saturated carbocycles. The minimum atomic E-state index is -4.79. The van der Waals surface area contributed by atoms with E-state index in [1.807, 2.05) is 0 Å². The summed E-state index contributed by atoms with van der Waals surface area (Å²) in [4.78, 5) is 0.271. The van der Waals surface area contributed by atoms with Crippen molar-refractivity contribution in [2.24, 2.45) is 0 Å². The van der Waals surface area contributed by atoms with Gasteiger partial charge in [0.15, 0.2) is 0 Å². The fourth-order valence-electron chi connectivity index (χ4n) is 0.685. The molecular weight excluding hydrogens is 204 g/mol. The Kier molecular flexibility index (Phi) is 3.19. The molecule has 1 aromatic rings. The van der Waals surface area contributed by atoms with E-state index in [2.05, 4.69) is 0 Å². The van der Waals surface area contributed by atoms with E-state index in [0.29, 0.717) is 0 Å². The first-order chi connectivity index (χ1) is 6.00. The molecule has 0 heterocycles. The maximum absolute atomic E-state index is 12.4. The van der Waals surface area contributed by atoms with Crippen molar-refractivity contribution in [3.8, 4) is 0 Å². The van der Waals surface area contributed by atoms with Crippen molar-refractivity contribution in [3.63, 3.8) is 0 Å². The van der Waals surface area contributed by atoms with Crippen molar-refractivity contribution in [3.05, 3.63) is 30.3 Å². The summed E-state index contributed by atoms with van der Waals surface area (Å²) in [5.74, 6) is 0. The van der Waals surface area contributed by atoms with Gasteiger partial charge in [0, 0.05) is 4.90 Å². The number of hydrogen-bond acceptors (Lipinski definition) is 1. The minimum absolute atomic E-state index is 0.159. The van der Waals surface area contributed by atoms with Gasteiger partial charge in [0.2, 0.25) is 5.50 Å². The molecule has 0 radical (unpaired) electrons. The second-order valence-corrected chi connectivity index (χ2v) is 3.41. The van der Waals surface area contributed by atoms with E-state index in [-0.39, 0.29) is 16.7 Å². The third kappa shape index (κ3) is 3.26. The van der Waals surface area contributed by atoms with Gasteiger partial charge in [0.05, 0.1) is 0 Å². The molecule has 72 valence electrons. The Balaban J connectivity index is 2.61. The van der Waals surface area contributed by atoms with E-state index in [9.17, 15) is 17.6 Å². The molecule has 0 nitrogen and oxygen atoms in total. The second-order valence-electron chi connectivity index (χ2n) is 2.29. The Hall–Kier alpha value is -0.710. The Morgan fingerprint density at radius 3 is 2.08 bits per heavy atom. The molecule has 0 fully saturated rings. The van der Waals surface area contributed by atoms with Crippen molar-refractivity contribution in [2.75, 3.05) is 0 Å². The standard InChI is InChI=1S/C8H6F4S/c9-7(8(10,11)12)13-6-4-2-1-3-5-6/h1-5,7H. The van der Waals surface area contributed by atoms with Gasteiger partial charge in [-0.3, -0.25) is 0 Å². The molecule has 0 aliphatic heterocycles. The van der Waals surface area contributed by atoms with Gasteiger partial charge in [0.1, 0.15) is 0 Å². The number of rotatable bonds is 2. The molecule has 0 bridgehead atoms. The molecule has 0 N–H and O–H groups in total. The fourth-order valence-corrected chi connectivity index (χ4v) is 1.37. The highest BCUT2D eigenvalue weighted by molar-refractivity contribution is 7.99. The van der Waals surface area contributed by atoms with Gasteiger partial charge in [-0.05, 0) is 12.1 Å². The molecule has 5 heteroatoms. The summed E-state index contributed by atoms with van der Waals surface area (Å²) < 4.78 is 47.7. The Labute approximate surface area is 76.9 Å². The first-order valence-corrected chi connectivity index (χ1v) is 4.30. The molecule has 0 spiro atoms. The van der Waals surface area contributed by atoms with Crippen molar-refractivity contribution in [1.82, 2.24) is 0 Å². The molecule has 1 rings (SSSR count). The van der Waals surface area contributed by atoms with E-state index in [1.165, 1.54) is 12.1 Å². The maximum atomic E-state index is 12.4. The van der Waals surface area contributed by atoms with Gasteiger partial charge in [0.25, 0.3) is 0 Å². The highest BCUT2D eigenvalue weighted by Crippen LogP contribution is 2.35. The van der Waals surface area contributed by atoms with Crippen LogP contribution in [-0.2, 0) is 0 Å². The van der Waals surface area contributed by atoms with E-state index in [0.717, 1.165) is 0 Å². The van der Waals surface area contributed by atoms with Crippen molar-refractivity contribution < 1.29 is 17.6 Å². The zero-order chi connectivity index (χ0) is 9.90. The molecule has 13 heavy (non-hydrogen) atoms. The monoisotopic (exact) mass is 210 g/mol. The summed E-state index contributed by atoms with van der Waals surface area (Å²) in [6.07, 6.45) is -4.79. The molecule has 1 atom stereocenters. The van der Waals surface area contributed by atoms with Crippen LogP contribution in [0.5, 0.6) is 0 Å². The largest absolute Gasteiger partial charge is 0.429 e. The summed E-state index contributed by atoms with van der Waals surface area (Å²) >= 11 is 0.159. The van der Waals surface area contributed by atoms with Crippen LogP contribution in [-0.4, -0.2) is 11.7 Å². The summed E-state index contributed by atoms with van der Waals surface area (Å²) in [5, 5.41) is 0. The van der Waals surface area contributed by atoms with Crippen molar-refractivity contribution >= 4 is 11.8 Å². The van der Waals surface area contributed by atoms with Gasteiger partial charge in [-0.1, -0.05) is 30.0 Å². The van der Waals surface area contributed by atoms with Gasteiger partial charge < -0.3 is 0 Å². The SMILES string of the molecule is FC(Sc1ccccc1)C(F)(F)F. The average molecular weight is 210 g/mol. The smallest absolute Gasteiger partial charge is 0.225 e. The molecule has 0 aliphatic carbocycles. The molecule has 1 unspecified atom stereocenters. The minimum Gasteiger partial charge on any atom is -0.225 e. The maximum Gasteiger partial charge on any atom is 0.429 e. The first-order valence-electron chi connectivity index (χ1n) is 3.42. The topological polar surface area (TPSA) is 0 Å². The van der Waals surface area contributed by atoms with Crippen LogP contribution in [0.3, 0.4) is 0 Å². The van der Waals surface area contributed by atoms with Crippen LogP contribution in [0.2, 0.25) is 0 Å². The van der Waals surface area contributed by atoms with Gasteiger partial charge in [-0.2, -0.15) is 13.2 Å². The van der Waals surface area contributed by atoms with Crippen molar-refractivity contribution in [1.29, 1.82) is 0 Å². The molecular formula is C8H6F4S. The quantitative estimate of drug-likeness (QED) is 0.530. The molecule has 0 aromatic heterocycles. The summed E-state index contributed by atoms with van der Waals surface area (Å²) in [6.45, 7) is 0. The van der Waals surface area contributed by atoms with Crippen LogP contribution in [0.1, 0.15) is 0 Å². The number of thioether (sulfide) groups is 1.